The third-order valence-corrected chi connectivity index (χ3v) is 7.18. The summed E-state index contributed by atoms with van der Waals surface area (Å²) in [5, 5.41) is 3.95. The van der Waals surface area contributed by atoms with Crippen molar-refractivity contribution < 1.29 is 14.1 Å². The number of quaternary nitrogens is 1. The fourth-order valence-corrected chi connectivity index (χ4v) is 4.87. The zero-order chi connectivity index (χ0) is 27.4. The van der Waals surface area contributed by atoms with Crippen LogP contribution in [-0.4, -0.2) is 73.0 Å². The molecule has 8 nitrogen and oxygen atoms in total. The standard InChI is InChI=1S/C30H42N6O2/c1-36(18-15-31,19-16-32)17-7-11-26(33)30(38)35-28(14-13-23-8-3-2-4-9-23)29(37)21-24-20-25-10-5-6-12-27(25)34-22-24/h2-6,8-10,12,20,22,26,28H,7,11,13-19,21,31-33H2,1H3/p+1/t26-,28-/m0/s1. The van der Waals surface area contributed by atoms with Gasteiger partial charge in [-0.2, -0.15) is 0 Å². The Labute approximate surface area is 226 Å². The summed E-state index contributed by atoms with van der Waals surface area (Å²) in [5.74, 6) is -0.339. The van der Waals surface area contributed by atoms with Crippen molar-refractivity contribution in [1.82, 2.24) is 10.3 Å². The van der Waals surface area contributed by atoms with Gasteiger partial charge in [0.05, 0.1) is 44.3 Å². The number of ketones is 1. The SMILES string of the molecule is C[N+](CCN)(CCN)CCC[C@H](N)C(=O)N[C@@H](CCc1ccccc1)C(=O)Cc1cnc2ccccc2c1. The number of likely N-dealkylation sites (N-methyl/N-ethyl adjacent to an activating group) is 1. The zero-order valence-electron chi connectivity index (χ0n) is 22.5. The summed E-state index contributed by atoms with van der Waals surface area (Å²) in [5.41, 5.74) is 20.7. The quantitative estimate of drug-likeness (QED) is 0.214. The molecule has 0 fully saturated rings. The molecule has 8 heteroatoms. The number of para-hydroxylation sites is 1. The first-order valence-electron chi connectivity index (χ1n) is 13.5. The van der Waals surface area contributed by atoms with Crippen LogP contribution in [0.15, 0.2) is 66.9 Å². The van der Waals surface area contributed by atoms with Crippen molar-refractivity contribution in [2.24, 2.45) is 17.2 Å². The lowest BCUT2D eigenvalue weighted by molar-refractivity contribution is -0.907. The number of benzene rings is 2. The Morgan fingerprint density at radius 1 is 0.921 bits per heavy atom. The van der Waals surface area contributed by atoms with Gasteiger partial charge < -0.3 is 27.0 Å². The van der Waals surface area contributed by atoms with Crippen LogP contribution in [0.2, 0.25) is 0 Å². The summed E-state index contributed by atoms with van der Waals surface area (Å²) in [6.45, 7) is 3.68. The second-order valence-electron chi connectivity index (χ2n) is 10.4. The van der Waals surface area contributed by atoms with Crippen LogP contribution in [0.5, 0.6) is 0 Å². The molecule has 0 radical (unpaired) electrons. The largest absolute Gasteiger partial charge is 0.345 e. The lowest BCUT2D eigenvalue weighted by Crippen LogP contribution is -2.52. The van der Waals surface area contributed by atoms with Crippen LogP contribution in [0.3, 0.4) is 0 Å². The van der Waals surface area contributed by atoms with Crippen molar-refractivity contribution in [3.05, 3.63) is 78.0 Å². The summed E-state index contributed by atoms with van der Waals surface area (Å²) >= 11 is 0. The molecule has 2 aromatic carbocycles. The van der Waals surface area contributed by atoms with Gasteiger partial charge in [0.1, 0.15) is 0 Å². The van der Waals surface area contributed by atoms with Crippen molar-refractivity contribution in [2.75, 3.05) is 39.8 Å². The second kappa shape index (κ2) is 14.7. The molecule has 1 heterocycles. The van der Waals surface area contributed by atoms with E-state index in [0.717, 1.165) is 52.6 Å². The van der Waals surface area contributed by atoms with E-state index in [1.807, 2.05) is 60.7 Å². The molecule has 0 aliphatic rings. The van der Waals surface area contributed by atoms with E-state index in [0.29, 0.717) is 32.4 Å². The molecule has 1 aromatic heterocycles. The predicted octanol–water partition coefficient (Wildman–Crippen LogP) is 1.94. The van der Waals surface area contributed by atoms with E-state index in [1.165, 1.54) is 0 Å². The monoisotopic (exact) mass is 519 g/mol. The lowest BCUT2D eigenvalue weighted by Gasteiger charge is -2.34. The Kier molecular flexibility index (Phi) is 11.4. The van der Waals surface area contributed by atoms with Gasteiger partial charge in [-0.05, 0) is 48.9 Å². The van der Waals surface area contributed by atoms with Crippen molar-refractivity contribution in [3.63, 3.8) is 0 Å². The number of hydrogen-bond acceptors (Lipinski definition) is 6. The van der Waals surface area contributed by atoms with Gasteiger partial charge in [0.15, 0.2) is 5.78 Å². The predicted molar refractivity (Wildman–Crippen MR) is 153 cm³/mol. The molecule has 0 spiro atoms. The summed E-state index contributed by atoms with van der Waals surface area (Å²) in [6.07, 6.45) is 4.42. The van der Waals surface area contributed by atoms with Gasteiger partial charge in [-0.1, -0.05) is 48.5 Å². The Bertz CT molecular complexity index is 1160. The maximum atomic E-state index is 13.4. The Morgan fingerprint density at radius 3 is 2.32 bits per heavy atom. The first-order chi connectivity index (χ1) is 18.3. The van der Waals surface area contributed by atoms with Crippen LogP contribution in [0, 0.1) is 0 Å². The number of rotatable bonds is 16. The van der Waals surface area contributed by atoms with E-state index >= 15 is 0 Å². The number of nitrogens with zero attached hydrogens (tertiary/aromatic N) is 2. The van der Waals surface area contributed by atoms with Gasteiger partial charge in [0.25, 0.3) is 0 Å². The fourth-order valence-electron chi connectivity index (χ4n) is 4.87. The highest BCUT2D eigenvalue weighted by Crippen LogP contribution is 2.15. The number of nitrogens with one attached hydrogen (secondary N) is 1. The van der Waals surface area contributed by atoms with E-state index in [1.54, 1.807) is 6.20 Å². The molecular weight excluding hydrogens is 476 g/mol. The summed E-state index contributed by atoms with van der Waals surface area (Å²) in [4.78, 5) is 30.9. The van der Waals surface area contributed by atoms with Crippen LogP contribution in [0.25, 0.3) is 10.9 Å². The molecule has 0 saturated heterocycles. The Balaban J connectivity index is 1.63. The van der Waals surface area contributed by atoms with Crippen molar-refractivity contribution in [3.8, 4) is 0 Å². The number of aromatic nitrogens is 1. The highest BCUT2D eigenvalue weighted by molar-refractivity contribution is 5.92. The van der Waals surface area contributed by atoms with E-state index in [4.69, 9.17) is 17.2 Å². The van der Waals surface area contributed by atoms with Gasteiger partial charge in [-0.25, -0.2) is 0 Å². The van der Waals surface area contributed by atoms with Gasteiger partial charge in [0.2, 0.25) is 5.91 Å². The molecule has 204 valence electrons. The highest BCUT2D eigenvalue weighted by Gasteiger charge is 2.25. The summed E-state index contributed by atoms with van der Waals surface area (Å²) < 4.78 is 0.763. The fraction of sp³-hybridized carbons (Fsp3) is 0.433. The molecule has 0 aliphatic carbocycles. The molecule has 0 unspecified atom stereocenters. The minimum Gasteiger partial charge on any atom is -0.345 e. The average Bonchev–Trinajstić information content (AvgIpc) is 2.91. The number of pyridine rings is 1. The Hall–Kier alpha value is -3.17. The van der Waals surface area contributed by atoms with Gasteiger partial charge in [-0.15, -0.1) is 0 Å². The topological polar surface area (TPSA) is 137 Å². The molecule has 3 rings (SSSR count). The first-order valence-corrected chi connectivity index (χ1v) is 13.5. The number of carbonyl (C=O) groups is 2. The highest BCUT2D eigenvalue weighted by atomic mass is 16.2. The van der Waals surface area contributed by atoms with Crippen LogP contribution < -0.4 is 22.5 Å². The van der Waals surface area contributed by atoms with Crippen molar-refractivity contribution >= 4 is 22.6 Å². The van der Waals surface area contributed by atoms with E-state index < -0.39 is 12.1 Å². The summed E-state index contributed by atoms with van der Waals surface area (Å²) in [7, 11) is 2.13. The molecule has 38 heavy (non-hydrogen) atoms. The average molecular weight is 520 g/mol. The van der Waals surface area contributed by atoms with Crippen molar-refractivity contribution in [2.45, 2.75) is 44.2 Å². The summed E-state index contributed by atoms with van der Waals surface area (Å²) in [6, 6.07) is 18.5. The molecule has 1 amide bonds. The van der Waals surface area contributed by atoms with Crippen LogP contribution in [0.4, 0.5) is 0 Å². The van der Waals surface area contributed by atoms with Crippen LogP contribution in [0.1, 0.15) is 30.4 Å². The first kappa shape index (κ1) is 29.4. The minimum atomic E-state index is -0.687. The minimum absolute atomic E-state index is 0.0475. The number of hydrogen-bond donors (Lipinski definition) is 4. The number of fused-ring (bicyclic) bond motifs is 1. The number of aryl methyl sites for hydroxylation is 1. The Morgan fingerprint density at radius 2 is 1.61 bits per heavy atom. The van der Waals surface area contributed by atoms with Gasteiger partial charge >= 0.3 is 0 Å². The van der Waals surface area contributed by atoms with E-state index in [-0.39, 0.29) is 18.1 Å². The van der Waals surface area contributed by atoms with Gasteiger partial charge in [0, 0.05) is 31.1 Å². The number of nitrogens with two attached hydrogens (primary N) is 3. The molecular formula is C30H43N6O2+. The molecule has 3 aromatic rings. The number of amides is 1. The van der Waals surface area contributed by atoms with Crippen LogP contribution >= 0.6 is 0 Å². The van der Waals surface area contributed by atoms with Crippen molar-refractivity contribution in [1.29, 1.82) is 0 Å². The van der Waals surface area contributed by atoms with E-state index in [2.05, 4.69) is 17.3 Å². The lowest BCUT2D eigenvalue weighted by atomic mass is 9.97. The third kappa shape index (κ3) is 8.99. The normalized spacial score (nSPS) is 13.3. The number of carbonyl (C=O) groups excluding carboxylic acids is 2. The molecule has 2 atom stereocenters. The molecule has 0 aliphatic heterocycles. The number of Topliss-reactive ketones (excluding diaryl/α,β-unsaturated/α-hetero) is 1. The molecule has 0 bridgehead atoms. The van der Waals surface area contributed by atoms with E-state index in [9.17, 15) is 9.59 Å². The van der Waals surface area contributed by atoms with Gasteiger partial charge in [-0.3, -0.25) is 14.6 Å². The maximum absolute atomic E-state index is 13.4. The second-order valence-corrected chi connectivity index (χ2v) is 10.4. The smallest absolute Gasteiger partial charge is 0.237 e. The van der Waals surface area contributed by atoms with Crippen LogP contribution in [-0.2, 0) is 22.4 Å². The third-order valence-electron chi connectivity index (χ3n) is 7.18. The maximum Gasteiger partial charge on any atom is 0.237 e. The molecule has 7 N–H and O–H groups in total. The molecule has 0 saturated carbocycles. The zero-order valence-corrected chi connectivity index (χ0v) is 22.5.